The maximum Gasteiger partial charge on any atom is 0.159 e. The molecule has 118 valence electrons. The molecule has 0 spiro atoms. The molecule has 0 saturated heterocycles. The summed E-state index contributed by atoms with van der Waals surface area (Å²) in [6.07, 6.45) is 7.24. The van der Waals surface area contributed by atoms with Crippen LogP contribution in [0.25, 0.3) is 33.9 Å². The van der Waals surface area contributed by atoms with Crippen LogP contribution in [-0.2, 0) is 0 Å². The predicted molar refractivity (Wildman–Crippen MR) is 92.1 cm³/mol. The Morgan fingerprint density at radius 3 is 1.58 bits per heavy atom. The molecular weight excluding hydrogens is 300 g/mol. The SMILES string of the molecule is Cc1ncc(-c2ccc(-c3ncc(-c4cnc(C)[nH]4)cn3)cc2)[nH]1. The first-order chi connectivity index (χ1) is 11.7. The molecule has 6 heteroatoms. The van der Waals surface area contributed by atoms with Crippen molar-refractivity contribution in [3.8, 4) is 33.9 Å². The van der Waals surface area contributed by atoms with Gasteiger partial charge in [0.05, 0.1) is 23.8 Å². The van der Waals surface area contributed by atoms with Crippen LogP contribution in [0.1, 0.15) is 11.6 Å². The van der Waals surface area contributed by atoms with Gasteiger partial charge in [0.15, 0.2) is 5.82 Å². The first-order valence-electron chi connectivity index (χ1n) is 7.65. The van der Waals surface area contributed by atoms with Crippen LogP contribution in [0, 0.1) is 13.8 Å². The van der Waals surface area contributed by atoms with E-state index in [2.05, 4.69) is 29.9 Å². The Hall–Kier alpha value is -3.28. The highest BCUT2D eigenvalue weighted by Gasteiger charge is 2.06. The molecule has 0 radical (unpaired) electrons. The Bertz CT molecular complexity index is 882. The quantitative estimate of drug-likeness (QED) is 0.605. The molecule has 4 aromatic rings. The van der Waals surface area contributed by atoms with Gasteiger partial charge >= 0.3 is 0 Å². The highest BCUT2D eigenvalue weighted by Crippen LogP contribution is 2.23. The van der Waals surface area contributed by atoms with Gasteiger partial charge in [-0.05, 0) is 19.4 Å². The number of aromatic nitrogens is 6. The topological polar surface area (TPSA) is 83.1 Å². The molecule has 0 amide bonds. The monoisotopic (exact) mass is 316 g/mol. The van der Waals surface area contributed by atoms with Crippen LogP contribution >= 0.6 is 0 Å². The maximum absolute atomic E-state index is 4.46. The predicted octanol–water partition coefficient (Wildman–Crippen LogP) is 3.54. The third kappa shape index (κ3) is 2.69. The van der Waals surface area contributed by atoms with Gasteiger partial charge in [0.2, 0.25) is 0 Å². The lowest BCUT2D eigenvalue weighted by Gasteiger charge is -2.03. The Morgan fingerprint density at radius 1 is 0.583 bits per heavy atom. The largest absolute Gasteiger partial charge is 0.342 e. The Labute approximate surface area is 139 Å². The van der Waals surface area contributed by atoms with E-state index in [-0.39, 0.29) is 0 Å². The Morgan fingerprint density at radius 2 is 1.08 bits per heavy atom. The van der Waals surface area contributed by atoms with Gasteiger partial charge in [0.1, 0.15) is 11.6 Å². The summed E-state index contributed by atoms with van der Waals surface area (Å²) in [7, 11) is 0. The van der Waals surface area contributed by atoms with Gasteiger partial charge in [-0.2, -0.15) is 0 Å². The average Bonchev–Trinajstić information content (AvgIpc) is 3.24. The number of hydrogen-bond donors (Lipinski definition) is 2. The van der Waals surface area contributed by atoms with Gasteiger partial charge < -0.3 is 9.97 Å². The summed E-state index contributed by atoms with van der Waals surface area (Å²) < 4.78 is 0. The molecule has 0 saturated carbocycles. The third-order valence-electron chi connectivity index (χ3n) is 3.82. The minimum Gasteiger partial charge on any atom is -0.342 e. The molecule has 0 aliphatic rings. The molecule has 6 nitrogen and oxygen atoms in total. The maximum atomic E-state index is 4.46. The van der Waals surface area contributed by atoms with Crippen molar-refractivity contribution < 1.29 is 0 Å². The highest BCUT2D eigenvalue weighted by atomic mass is 14.9. The standard InChI is InChI=1S/C18H16N6/c1-11-19-9-16(23-11)13-3-5-14(6-4-13)18-21-7-15(8-22-18)17-10-20-12(2)24-17/h3-10H,1-2H3,(H,19,23)(H,20,24). The summed E-state index contributed by atoms with van der Waals surface area (Å²) >= 11 is 0. The van der Waals surface area contributed by atoms with Crippen molar-refractivity contribution in [1.82, 2.24) is 29.9 Å². The number of aryl methyl sites for hydroxylation is 2. The van der Waals surface area contributed by atoms with E-state index in [4.69, 9.17) is 0 Å². The highest BCUT2D eigenvalue weighted by molar-refractivity contribution is 5.65. The summed E-state index contributed by atoms with van der Waals surface area (Å²) in [5.41, 5.74) is 4.91. The second kappa shape index (κ2) is 5.73. The van der Waals surface area contributed by atoms with E-state index >= 15 is 0 Å². The normalized spacial score (nSPS) is 10.9. The molecular formula is C18H16N6. The van der Waals surface area contributed by atoms with Crippen molar-refractivity contribution in [1.29, 1.82) is 0 Å². The number of imidazole rings is 2. The van der Waals surface area contributed by atoms with Crippen LogP contribution in [0.2, 0.25) is 0 Å². The fourth-order valence-electron chi connectivity index (χ4n) is 2.55. The first kappa shape index (κ1) is 14.3. The van der Waals surface area contributed by atoms with Crippen LogP contribution in [0.4, 0.5) is 0 Å². The number of nitrogens with zero attached hydrogens (tertiary/aromatic N) is 4. The van der Waals surface area contributed by atoms with Crippen molar-refractivity contribution in [2.45, 2.75) is 13.8 Å². The lowest BCUT2D eigenvalue weighted by atomic mass is 10.1. The molecule has 0 unspecified atom stereocenters. The number of nitrogens with one attached hydrogen (secondary N) is 2. The molecule has 0 fully saturated rings. The summed E-state index contributed by atoms with van der Waals surface area (Å²) in [6, 6.07) is 8.11. The van der Waals surface area contributed by atoms with E-state index in [0.29, 0.717) is 5.82 Å². The van der Waals surface area contributed by atoms with Crippen LogP contribution in [0.5, 0.6) is 0 Å². The van der Waals surface area contributed by atoms with Gasteiger partial charge in [-0.15, -0.1) is 0 Å². The van der Waals surface area contributed by atoms with Gasteiger partial charge in [-0.25, -0.2) is 19.9 Å². The smallest absolute Gasteiger partial charge is 0.159 e. The molecule has 0 aliphatic carbocycles. The van der Waals surface area contributed by atoms with E-state index in [1.807, 2.05) is 44.3 Å². The lowest BCUT2D eigenvalue weighted by molar-refractivity contribution is 1.14. The van der Waals surface area contributed by atoms with Gasteiger partial charge in [0, 0.05) is 23.5 Å². The molecule has 24 heavy (non-hydrogen) atoms. The number of benzene rings is 1. The second-order valence-corrected chi connectivity index (χ2v) is 5.64. The van der Waals surface area contributed by atoms with Crippen molar-refractivity contribution in [3.05, 3.63) is 60.7 Å². The summed E-state index contributed by atoms with van der Waals surface area (Å²) in [5, 5.41) is 0. The van der Waals surface area contributed by atoms with Crippen molar-refractivity contribution in [3.63, 3.8) is 0 Å². The Balaban J connectivity index is 1.59. The zero-order valence-electron chi connectivity index (χ0n) is 13.4. The molecule has 4 rings (SSSR count). The molecule has 1 aromatic carbocycles. The molecule has 2 N–H and O–H groups in total. The van der Waals surface area contributed by atoms with Crippen LogP contribution in [0.15, 0.2) is 49.1 Å². The van der Waals surface area contributed by atoms with Crippen molar-refractivity contribution in [2.75, 3.05) is 0 Å². The minimum absolute atomic E-state index is 0.697. The second-order valence-electron chi connectivity index (χ2n) is 5.64. The number of rotatable bonds is 3. The first-order valence-corrected chi connectivity index (χ1v) is 7.65. The van der Waals surface area contributed by atoms with Crippen molar-refractivity contribution in [2.24, 2.45) is 0 Å². The molecule has 3 aromatic heterocycles. The molecule has 0 bridgehead atoms. The van der Waals surface area contributed by atoms with Crippen LogP contribution < -0.4 is 0 Å². The van der Waals surface area contributed by atoms with Gasteiger partial charge in [-0.3, -0.25) is 0 Å². The third-order valence-corrected chi connectivity index (χ3v) is 3.82. The minimum atomic E-state index is 0.697. The molecule has 0 aliphatic heterocycles. The number of aromatic amines is 2. The van der Waals surface area contributed by atoms with Crippen LogP contribution in [-0.4, -0.2) is 29.9 Å². The van der Waals surface area contributed by atoms with E-state index in [1.165, 1.54) is 0 Å². The Kier molecular flexibility index (Phi) is 3.42. The van der Waals surface area contributed by atoms with E-state index in [1.54, 1.807) is 18.6 Å². The average molecular weight is 316 g/mol. The van der Waals surface area contributed by atoms with E-state index in [0.717, 1.165) is 39.7 Å². The van der Waals surface area contributed by atoms with E-state index in [9.17, 15) is 0 Å². The zero-order valence-corrected chi connectivity index (χ0v) is 13.4. The van der Waals surface area contributed by atoms with Crippen molar-refractivity contribution >= 4 is 0 Å². The summed E-state index contributed by atoms with van der Waals surface area (Å²) in [4.78, 5) is 23.8. The van der Waals surface area contributed by atoms with Gasteiger partial charge in [0.25, 0.3) is 0 Å². The molecule has 0 atom stereocenters. The fraction of sp³-hybridized carbons (Fsp3) is 0.111. The number of H-pyrrole nitrogens is 2. The zero-order chi connectivity index (χ0) is 16.5. The summed E-state index contributed by atoms with van der Waals surface area (Å²) in [5.74, 6) is 2.48. The fourth-order valence-corrected chi connectivity index (χ4v) is 2.55. The van der Waals surface area contributed by atoms with Gasteiger partial charge in [-0.1, -0.05) is 24.3 Å². The summed E-state index contributed by atoms with van der Waals surface area (Å²) in [6.45, 7) is 3.86. The van der Waals surface area contributed by atoms with E-state index < -0.39 is 0 Å². The lowest BCUT2D eigenvalue weighted by Crippen LogP contribution is -1.90. The number of hydrogen-bond acceptors (Lipinski definition) is 4. The van der Waals surface area contributed by atoms with Crippen LogP contribution in [0.3, 0.4) is 0 Å². The molecule has 3 heterocycles.